The first kappa shape index (κ1) is 24.2. The molecule has 1 aliphatic heterocycles. The number of nitrogens with one attached hydrogen (secondary N) is 2. The maximum Gasteiger partial charge on any atom is 0.241 e. The van der Waals surface area contributed by atoms with E-state index >= 15 is 0 Å². The van der Waals surface area contributed by atoms with Crippen LogP contribution < -0.4 is 10.0 Å². The fourth-order valence-electron chi connectivity index (χ4n) is 4.31. The van der Waals surface area contributed by atoms with Crippen molar-refractivity contribution in [3.05, 3.63) is 24.3 Å². The molecule has 176 valence electrons. The molecule has 0 aromatic heterocycles. The second kappa shape index (κ2) is 10.4. The topological polar surface area (TPSA) is 116 Å². The molecule has 2 N–H and O–H groups in total. The minimum atomic E-state index is -3.90. The predicted molar refractivity (Wildman–Crippen MR) is 120 cm³/mol. The van der Waals surface area contributed by atoms with Crippen LogP contribution in [0.25, 0.3) is 0 Å². The smallest absolute Gasteiger partial charge is 0.241 e. The van der Waals surface area contributed by atoms with E-state index in [1.54, 1.807) is 4.90 Å². The maximum atomic E-state index is 12.8. The van der Waals surface area contributed by atoms with Gasteiger partial charge in [0.2, 0.25) is 27.7 Å². The highest BCUT2D eigenvalue weighted by Crippen LogP contribution is 2.28. The van der Waals surface area contributed by atoms with Gasteiger partial charge >= 0.3 is 0 Å². The van der Waals surface area contributed by atoms with Gasteiger partial charge in [-0.25, -0.2) is 8.42 Å². The van der Waals surface area contributed by atoms with E-state index in [0.29, 0.717) is 44.2 Å². The molecule has 2 fully saturated rings. The zero-order chi connectivity index (χ0) is 23.3. The average Bonchev–Trinajstić information content (AvgIpc) is 3.26. The van der Waals surface area contributed by atoms with Gasteiger partial charge in [-0.15, -0.1) is 0 Å². The van der Waals surface area contributed by atoms with Crippen LogP contribution in [-0.4, -0.2) is 68.2 Å². The summed E-state index contributed by atoms with van der Waals surface area (Å²) in [5.41, 5.74) is 0.487. The van der Waals surface area contributed by atoms with E-state index in [-0.39, 0.29) is 22.6 Å². The number of benzene rings is 1. The van der Waals surface area contributed by atoms with Crippen LogP contribution in [0.2, 0.25) is 0 Å². The molecule has 1 aromatic carbocycles. The lowest BCUT2D eigenvalue weighted by Crippen LogP contribution is -2.55. The van der Waals surface area contributed by atoms with Gasteiger partial charge in [-0.2, -0.15) is 4.72 Å². The molecule has 0 bridgehead atoms. The zero-order valence-corrected chi connectivity index (χ0v) is 19.5. The van der Waals surface area contributed by atoms with E-state index in [1.807, 2.05) is 4.90 Å². The summed E-state index contributed by atoms with van der Waals surface area (Å²) in [6.07, 6.45) is 5.24. The summed E-state index contributed by atoms with van der Waals surface area (Å²) in [4.78, 5) is 39.8. The standard InChI is InChI=1S/C22H32N4O5S/c1-16(24-32(30,31)20-9-7-19(8-10-20)23-17(2)27)22(29)26-13-11-25(12-14-26)21(28)15-18-5-3-4-6-18/h7-10,16,18,24H,3-6,11-15H2,1-2H3,(H,23,27)/t16-/m0/s1. The predicted octanol–water partition coefficient (Wildman–Crippen LogP) is 1.56. The molecule has 0 spiro atoms. The van der Waals surface area contributed by atoms with E-state index in [1.165, 1.54) is 51.0 Å². The molecule has 9 nitrogen and oxygen atoms in total. The van der Waals surface area contributed by atoms with E-state index in [9.17, 15) is 22.8 Å². The molecule has 1 saturated carbocycles. The number of piperazine rings is 1. The van der Waals surface area contributed by atoms with Crippen LogP contribution in [-0.2, 0) is 24.4 Å². The van der Waals surface area contributed by atoms with E-state index in [2.05, 4.69) is 10.0 Å². The van der Waals surface area contributed by atoms with Gasteiger partial charge in [-0.1, -0.05) is 12.8 Å². The molecule has 1 atom stereocenters. The number of carbonyl (C=O) groups excluding carboxylic acids is 3. The Bertz CT molecular complexity index is 934. The number of rotatable bonds is 7. The quantitative estimate of drug-likeness (QED) is 0.635. The molecule has 1 aromatic rings. The Kier molecular flexibility index (Phi) is 7.89. The van der Waals surface area contributed by atoms with Crippen molar-refractivity contribution < 1.29 is 22.8 Å². The molecule has 10 heteroatoms. The van der Waals surface area contributed by atoms with Gasteiger partial charge in [0.15, 0.2) is 0 Å². The van der Waals surface area contributed by atoms with Crippen LogP contribution >= 0.6 is 0 Å². The number of hydrogen-bond acceptors (Lipinski definition) is 5. The van der Waals surface area contributed by atoms with Gasteiger partial charge in [-0.3, -0.25) is 14.4 Å². The second-order valence-corrected chi connectivity index (χ2v) is 10.3. The fourth-order valence-corrected chi connectivity index (χ4v) is 5.51. The molecular weight excluding hydrogens is 432 g/mol. The van der Waals surface area contributed by atoms with Crippen molar-refractivity contribution >= 4 is 33.4 Å². The van der Waals surface area contributed by atoms with Crippen molar-refractivity contribution in [3.8, 4) is 0 Å². The lowest BCUT2D eigenvalue weighted by atomic mass is 10.0. The number of hydrogen-bond donors (Lipinski definition) is 2. The maximum absolute atomic E-state index is 12.8. The third kappa shape index (κ3) is 6.29. The largest absolute Gasteiger partial charge is 0.339 e. The minimum Gasteiger partial charge on any atom is -0.339 e. The third-order valence-corrected chi connectivity index (χ3v) is 7.63. The van der Waals surface area contributed by atoms with Crippen LogP contribution in [0.5, 0.6) is 0 Å². The highest BCUT2D eigenvalue weighted by Gasteiger charge is 2.30. The van der Waals surface area contributed by atoms with Gasteiger partial charge in [0.05, 0.1) is 10.9 Å². The second-order valence-electron chi connectivity index (χ2n) is 8.61. The summed E-state index contributed by atoms with van der Waals surface area (Å²) in [6, 6.07) is 4.80. The van der Waals surface area contributed by atoms with Crippen LogP contribution in [0.15, 0.2) is 29.2 Å². The average molecular weight is 465 g/mol. The summed E-state index contributed by atoms with van der Waals surface area (Å²) in [7, 11) is -3.90. The van der Waals surface area contributed by atoms with Crippen LogP contribution in [0.3, 0.4) is 0 Å². The molecule has 1 heterocycles. The molecule has 1 aliphatic carbocycles. The number of nitrogens with zero attached hydrogens (tertiary/aromatic N) is 2. The van der Waals surface area contributed by atoms with Crippen LogP contribution in [0.4, 0.5) is 5.69 Å². The molecule has 0 radical (unpaired) electrons. The van der Waals surface area contributed by atoms with Gasteiger partial charge in [0, 0.05) is 45.2 Å². The first-order chi connectivity index (χ1) is 15.2. The molecule has 3 amide bonds. The van der Waals surface area contributed by atoms with Crippen molar-refractivity contribution in [2.24, 2.45) is 5.92 Å². The summed E-state index contributed by atoms with van der Waals surface area (Å²) in [6.45, 7) is 4.62. The van der Waals surface area contributed by atoms with Crippen molar-refractivity contribution in [1.82, 2.24) is 14.5 Å². The third-order valence-electron chi connectivity index (χ3n) is 6.07. The number of amides is 3. The minimum absolute atomic E-state index is 0.00795. The highest BCUT2D eigenvalue weighted by atomic mass is 32.2. The first-order valence-electron chi connectivity index (χ1n) is 11.1. The van der Waals surface area contributed by atoms with Crippen molar-refractivity contribution in [3.63, 3.8) is 0 Å². The monoisotopic (exact) mass is 464 g/mol. The van der Waals surface area contributed by atoms with Crippen molar-refractivity contribution in [2.75, 3.05) is 31.5 Å². The van der Waals surface area contributed by atoms with Crippen molar-refractivity contribution in [1.29, 1.82) is 0 Å². The Hall–Kier alpha value is -2.46. The van der Waals surface area contributed by atoms with Gasteiger partial charge in [-0.05, 0) is 49.9 Å². The molecule has 32 heavy (non-hydrogen) atoms. The number of carbonyl (C=O) groups is 3. The molecule has 0 unspecified atom stereocenters. The lowest BCUT2D eigenvalue weighted by Gasteiger charge is -2.36. The van der Waals surface area contributed by atoms with E-state index in [0.717, 1.165) is 12.8 Å². The summed E-state index contributed by atoms with van der Waals surface area (Å²) >= 11 is 0. The summed E-state index contributed by atoms with van der Waals surface area (Å²) < 4.78 is 27.7. The lowest BCUT2D eigenvalue weighted by molar-refractivity contribution is -0.140. The summed E-state index contributed by atoms with van der Waals surface area (Å²) in [5, 5.41) is 2.57. The Morgan fingerprint density at radius 3 is 2.12 bits per heavy atom. The van der Waals surface area contributed by atoms with E-state index in [4.69, 9.17) is 0 Å². The van der Waals surface area contributed by atoms with Gasteiger partial charge in [0.25, 0.3) is 0 Å². The fraction of sp³-hybridized carbons (Fsp3) is 0.591. The number of anilines is 1. The van der Waals surface area contributed by atoms with Gasteiger partial charge < -0.3 is 15.1 Å². The Labute approximate surface area is 189 Å². The number of sulfonamides is 1. The molecular formula is C22H32N4O5S. The first-order valence-corrected chi connectivity index (χ1v) is 12.6. The summed E-state index contributed by atoms with van der Waals surface area (Å²) in [5.74, 6) is 0.0778. The van der Waals surface area contributed by atoms with Gasteiger partial charge in [0.1, 0.15) is 0 Å². The van der Waals surface area contributed by atoms with Crippen LogP contribution in [0.1, 0.15) is 46.0 Å². The van der Waals surface area contributed by atoms with E-state index < -0.39 is 16.1 Å². The Morgan fingerprint density at radius 1 is 1.00 bits per heavy atom. The molecule has 3 rings (SSSR count). The van der Waals surface area contributed by atoms with Crippen LogP contribution in [0, 0.1) is 5.92 Å². The van der Waals surface area contributed by atoms with Crippen molar-refractivity contribution in [2.45, 2.75) is 56.9 Å². The highest BCUT2D eigenvalue weighted by molar-refractivity contribution is 7.89. The molecule has 2 aliphatic rings. The Balaban J connectivity index is 1.50. The zero-order valence-electron chi connectivity index (χ0n) is 18.7. The SMILES string of the molecule is CC(=O)Nc1ccc(S(=O)(=O)N[C@@H](C)C(=O)N2CCN(C(=O)CC3CCCC3)CC2)cc1. The normalized spacial score (nSPS) is 18.4. The Morgan fingerprint density at radius 2 is 1.56 bits per heavy atom. The molecule has 1 saturated heterocycles.